The van der Waals surface area contributed by atoms with Crippen LogP contribution in [0.1, 0.15) is 63.9 Å². The molecule has 0 bridgehead atoms. The molecule has 2 N–H and O–H groups in total. The molecule has 1 aromatic carbocycles. The van der Waals surface area contributed by atoms with Gasteiger partial charge < -0.3 is 20.2 Å². The van der Waals surface area contributed by atoms with Crippen LogP contribution in [0.15, 0.2) is 18.2 Å². The summed E-state index contributed by atoms with van der Waals surface area (Å²) in [4.78, 5) is 28.8. The van der Waals surface area contributed by atoms with E-state index in [0.29, 0.717) is 45.2 Å². The fourth-order valence-corrected chi connectivity index (χ4v) is 5.65. The number of nitrogens with one attached hydrogen (secondary N) is 1. The molecule has 182 valence electrons. The zero-order valence-electron chi connectivity index (χ0n) is 19.0. The highest BCUT2D eigenvalue weighted by atomic mass is 19.4. The monoisotopic (exact) mass is 467 g/mol. The summed E-state index contributed by atoms with van der Waals surface area (Å²) >= 11 is 0. The maximum absolute atomic E-state index is 13.9. The van der Waals surface area contributed by atoms with E-state index in [1.165, 1.54) is 12.1 Å². The number of nitrogens with zero attached hydrogens (tertiary/aromatic N) is 2. The van der Waals surface area contributed by atoms with E-state index < -0.39 is 17.2 Å². The van der Waals surface area contributed by atoms with E-state index in [1.54, 1.807) is 11.8 Å². The molecule has 1 spiro atoms. The van der Waals surface area contributed by atoms with Crippen molar-refractivity contribution in [2.75, 3.05) is 29.9 Å². The Labute approximate surface area is 192 Å². The lowest BCUT2D eigenvalue weighted by atomic mass is 9.78. The number of aliphatic hydroxyl groups excluding tert-OH is 1. The molecule has 1 aromatic rings. The highest BCUT2D eigenvalue weighted by molar-refractivity contribution is 5.91. The van der Waals surface area contributed by atoms with Crippen molar-refractivity contribution >= 4 is 23.2 Å². The number of piperidine rings is 1. The minimum absolute atomic E-state index is 0.0500. The second-order valence-electron chi connectivity index (χ2n) is 9.65. The first-order chi connectivity index (χ1) is 15.6. The van der Waals surface area contributed by atoms with Gasteiger partial charge in [0.25, 0.3) is 0 Å². The van der Waals surface area contributed by atoms with Crippen molar-refractivity contribution in [1.29, 1.82) is 0 Å². The van der Waals surface area contributed by atoms with Crippen LogP contribution in [0.2, 0.25) is 0 Å². The molecule has 3 fully saturated rings. The Kier molecular flexibility index (Phi) is 6.62. The number of rotatable bonds is 4. The Morgan fingerprint density at radius 2 is 1.91 bits per heavy atom. The summed E-state index contributed by atoms with van der Waals surface area (Å²) in [6, 6.07) is 4.01. The number of halogens is 3. The van der Waals surface area contributed by atoms with Crippen LogP contribution in [0.5, 0.6) is 0 Å². The van der Waals surface area contributed by atoms with E-state index in [0.717, 1.165) is 18.9 Å². The van der Waals surface area contributed by atoms with Crippen molar-refractivity contribution < 1.29 is 27.9 Å². The lowest BCUT2D eigenvalue weighted by Crippen LogP contribution is -2.50. The number of carbonyl (C=O) groups excluding carboxylic acids is 2. The van der Waals surface area contributed by atoms with E-state index in [2.05, 4.69) is 5.32 Å². The second kappa shape index (κ2) is 9.16. The Hall–Kier alpha value is -2.29. The molecule has 2 saturated heterocycles. The Balaban J connectivity index is 1.56. The molecule has 0 unspecified atom stereocenters. The first-order valence-electron chi connectivity index (χ1n) is 11.9. The molecular formula is C24H32F3N3O3. The van der Waals surface area contributed by atoms with Crippen molar-refractivity contribution in [3.63, 3.8) is 0 Å². The van der Waals surface area contributed by atoms with Gasteiger partial charge in [0, 0.05) is 43.5 Å². The molecule has 2 heterocycles. The molecule has 1 saturated carbocycles. The van der Waals surface area contributed by atoms with Gasteiger partial charge in [-0.1, -0.05) is 6.92 Å². The van der Waals surface area contributed by atoms with E-state index >= 15 is 0 Å². The van der Waals surface area contributed by atoms with Crippen molar-refractivity contribution in [2.45, 2.75) is 76.6 Å². The first kappa shape index (κ1) is 23.9. The zero-order valence-corrected chi connectivity index (χ0v) is 19.0. The highest BCUT2D eigenvalue weighted by Crippen LogP contribution is 2.46. The third-order valence-corrected chi connectivity index (χ3v) is 7.48. The summed E-state index contributed by atoms with van der Waals surface area (Å²) < 4.78 is 41.8. The fourth-order valence-electron chi connectivity index (χ4n) is 5.65. The predicted molar refractivity (Wildman–Crippen MR) is 119 cm³/mol. The van der Waals surface area contributed by atoms with Crippen molar-refractivity contribution in [3.05, 3.63) is 23.8 Å². The molecule has 9 heteroatoms. The number of hydrogen-bond donors (Lipinski definition) is 2. The molecule has 0 aromatic heterocycles. The number of amides is 2. The lowest BCUT2D eigenvalue weighted by molar-refractivity contribution is -0.139. The number of benzene rings is 1. The number of hydrogen-bond acceptors (Lipinski definition) is 4. The Morgan fingerprint density at radius 1 is 1.18 bits per heavy atom. The molecule has 1 aliphatic carbocycles. The number of aliphatic hydroxyl groups is 1. The summed E-state index contributed by atoms with van der Waals surface area (Å²) in [7, 11) is 0. The summed E-state index contributed by atoms with van der Waals surface area (Å²) in [5.74, 6) is -0.298. The average Bonchev–Trinajstić information content (AvgIpc) is 3.09. The molecule has 2 aliphatic heterocycles. The topological polar surface area (TPSA) is 72.9 Å². The minimum atomic E-state index is -4.58. The van der Waals surface area contributed by atoms with Crippen LogP contribution in [-0.4, -0.2) is 53.6 Å². The fraction of sp³-hybridized carbons (Fsp3) is 0.667. The quantitative estimate of drug-likeness (QED) is 0.697. The van der Waals surface area contributed by atoms with E-state index in [4.69, 9.17) is 0 Å². The Morgan fingerprint density at radius 3 is 2.58 bits per heavy atom. The maximum Gasteiger partial charge on any atom is 0.418 e. The van der Waals surface area contributed by atoms with Crippen molar-refractivity contribution in [3.8, 4) is 0 Å². The molecule has 0 radical (unpaired) electrons. The molecule has 2 amide bonds. The van der Waals surface area contributed by atoms with Gasteiger partial charge in [0.15, 0.2) is 0 Å². The standard InChI is InChI=1S/C24H32F3N3O3/c1-2-21(32)28-16-4-9-20(19(14-16)24(25,26)27)29-12-3-10-23(15-29)11-13-30(22(23)33)17-5-7-18(31)8-6-17/h4,9,14,17-18,31H,2-3,5-8,10-13,15H2,1H3,(H,28,32)/t17?,18?,23-/m1/s1. The highest BCUT2D eigenvalue weighted by Gasteiger charge is 2.51. The summed E-state index contributed by atoms with van der Waals surface area (Å²) in [5.41, 5.74) is -1.28. The van der Waals surface area contributed by atoms with Gasteiger partial charge in [0.05, 0.1) is 17.1 Å². The van der Waals surface area contributed by atoms with Crippen LogP contribution < -0.4 is 10.2 Å². The molecule has 4 rings (SSSR count). The molecular weight excluding hydrogens is 435 g/mol. The van der Waals surface area contributed by atoms with E-state index in [-0.39, 0.29) is 48.3 Å². The van der Waals surface area contributed by atoms with Gasteiger partial charge in [0.1, 0.15) is 0 Å². The molecule has 1 atom stereocenters. The smallest absolute Gasteiger partial charge is 0.393 e. The van der Waals surface area contributed by atoms with Crippen LogP contribution >= 0.6 is 0 Å². The van der Waals surface area contributed by atoms with Gasteiger partial charge in [0.2, 0.25) is 11.8 Å². The second-order valence-corrected chi connectivity index (χ2v) is 9.65. The van der Waals surface area contributed by atoms with Crippen molar-refractivity contribution in [1.82, 2.24) is 4.90 Å². The molecule has 33 heavy (non-hydrogen) atoms. The van der Waals surface area contributed by atoms with Crippen LogP contribution in [0.4, 0.5) is 24.5 Å². The predicted octanol–water partition coefficient (Wildman–Crippen LogP) is 4.18. The van der Waals surface area contributed by atoms with Gasteiger partial charge in [-0.05, 0) is 63.1 Å². The minimum Gasteiger partial charge on any atom is -0.393 e. The molecule has 3 aliphatic rings. The third-order valence-electron chi connectivity index (χ3n) is 7.48. The molecule has 6 nitrogen and oxygen atoms in total. The summed E-state index contributed by atoms with van der Waals surface area (Å²) in [6.07, 6.45) is 0.183. The normalized spacial score (nSPS) is 28.5. The van der Waals surface area contributed by atoms with Gasteiger partial charge in [-0.15, -0.1) is 0 Å². The lowest BCUT2D eigenvalue weighted by Gasteiger charge is -2.42. The number of carbonyl (C=O) groups is 2. The number of likely N-dealkylation sites (tertiary alicyclic amines) is 1. The van der Waals surface area contributed by atoms with Crippen LogP contribution in [-0.2, 0) is 15.8 Å². The average molecular weight is 468 g/mol. The first-order valence-corrected chi connectivity index (χ1v) is 11.9. The SMILES string of the molecule is CCC(=O)Nc1ccc(N2CCC[C@@]3(CCN(C4CCC(O)CC4)C3=O)C2)c(C(F)(F)F)c1. The summed E-state index contributed by atoms with van der Waals surface area (Å²) in [6.45, 7) is 2.98. The van der Waals surface area contributed by atoms with Gasteiger partial charge in [-0.25, -0.2) is 0 Å². The van der Waals surface area contributed by atoms with Crippen LogP contribution in [0, 0.1) is 5.41 Å². The van der Waals surface area contributed by atoms with Gasteiger partial charge >= 0.3 is 6.18 Å². The van der Waals surface area contributed by atoms with Gasteiger partial charge in [-0.3, -0.25) is 9.59 Å². The van der Waals surface area contributed by atoms with Crippen molar-refractivity contribution in [2.24, 2.45) is 5.41 Å². The van der Waals surface area contributed by atoms with E-state index in [1.807, 2.05) is 4.90 Å². The number of anilines is 2. The van der Waals surface area contributed by atoms with E-state index in [9.17, 15) is 27.9 Å². The third kappa shape index (κ3) is 4.83. The largest absolute Gasteiger partial charge is 0.418 e. The maximum atomic E-state index is 13.9. The number of alkyl halides is 3. The zero-order chi connectivity index (χ0) is 23.8. The van der Waals surface area contributed by atoms with Crippen LogP contribution in [0.3, 0.4) is 0 Å². The summed E-state index contributed by atoms with van der Waals surface area (Å²) in [5, 5.41) is 12.3. The van der Waals surface area contributed by atoms with Crippen LogP contribution in [0.25, 0.3) is 0 Å². The van der Waals surface area contributed by atoms with Gasteiger partial charge in [-0.2, -0.15) is 13.2 Å². The Bertz CT molecular complexity index is 899.